The number of amides is 1. The maximum atomic E-state index is 13.5. The predicted molar refractivity (Wildman–Crippen MR) is 126 cm³/mol. The van der Waals surface area contributed by atoms with Crippen LogP contribution in [0, 0.1) is 0 Å². The van der Waals surface area contributed by atoms with Gasteiger partial charge in [-0.1, -0.05) is 81.3 Å². The summed E-state index contributed by atoms with van der Waals surface area (Å²) in [4.78, 5) is 26.7. The van der Waals surface area contributed by atoms with Crippen LogP contribution in [-0.2, 0) is 6.54 Å². The van der Waals surface area contributed by atoms with Gasteiger partial charge in [-0.3, -0.25) is 4.79 Å². The summed E-state index contributed by atoms with van der Waals surface area (Å²) >= 11 is 0. The zero-order valence-electron chi connectivity index (χ0n) is 19.8. The largest absolute Gasteiger partial charge is 1.00 e. The molecule has 0 unspecified atom stereocenters. The van der Waals surface area contributed by atoms with Gasteiger partial charge >= 0.3 is 29.6 Å². The van der Waals surface area contributed by atoms with E-state index in [9.17, 15) is 14.7 Å². The summed E-state index contributed by atoms with van der Waals surface area (Å²) in [5, 5.41) is 11.2. The van der Waals surface area contributed by atoms with E-state index in [0.29, 0.717) is 12.1 Å². The van der Waals surface area contributed by atoms with Crippen molar-refractivity contribution >= 4 is 11.9 Å². The van der Waals surface area contributed by atoms with Gasteiger partial charge in [0.1, 0.15) is 0 Å². The van der Waals surface area contributed by atoms with Crippen LogP contribution in [0.15, 0.2) is 78.9 Å². The number of carboxylic acids is 1. The van der Waals surface area contributed by atoms with E-state index in [4.69, 9.17) is 0 Å². The fraction of sp³-hybridized carbons (Fsp3) is 0.286. The summed E-state index contributed by atoms with van der Waals surface area (Å²) in [6.07, 6.45) is 3.94. The van der Waals surface area contributed by atoms with Gasteiger partial charge in [0.05, 0.1) is 5.97 Å². The van der Waals surface area contributed by atoms with Gasteiger partial charge in [0, 0.05) is 18.2 Å². The molecule has 3 rings (SSSR count). The van der Waals surface area contributed by atoms with Crippen molar-refractivity contribution in [3.8, 4) is 11.1 Å². The number of benzene rings is 3. The van der Waals surface area contributed by atoms with Gasteiger partial charge < -0.3 is 14.8 Å². The molecule has 0 aliphatic heterocycles. The summed E-state index contributed by atoms with van der Waals surface area (Å²) in [7, 11) is 0. The molecule has 5 heteroatoms. The van der Waals surface area contributed by atoms with Crippen LogP contribution in [0.5, 0.6) is 0 Å². The average molecular weight is 452 g/mol. The second-order valence-corrected chi connectivity index (χ2v) is 8.10. The minimum atomic E-state index is -1.19. The Kier molecular flexibility index (Phi) is 10.9. The maximum absolute atomic E-state index is 13.5. The van der Waals surface area contributed by atoms with Crippen molar-refractivity contribution < 1.29 is 44.3 Å². The van der Waals surface area contributed by atoms with Crippen LogP contribution >= 0.6 is 0 Å². The number of nitrogens with zero attached hydrogens (tertiary/aromatic N) is 1. The van der Waals surface area contributed by atoms with Crippen molar-refractivity contribution in [3.63, 3.8) is 0 Å². The monoisotopic (exact) mass is 451 g/mol. The van der Waals surface area contributed by atoms with E-state index < -0.39 is 5.97 Å². The normalized spacial score (nSPS) is 10.5. The van der Waals surface area contributed by atoms with Crippen molar-refractivity contribution in [3.05, 3.63) is 95.6 Å². The zero-order valence-corrected chi connectivity index (χ0v) is 21.8. The molecule has 0 fully saturated rings. The van der Waals surface area contributed by atoms with Gasteiger partial charge in [-0.05, 0) is 59.4 Å². The molecule has 0 aliphatic carbocycles. The molecule has 3 aromatic carbocycles. The molecule has 0 saturated heterocycles. The quantitative estimate of drug-likeness (QED) is 0.445. The molecule has 0 aromatic heterocycles. The minimum Gasteiger partial charge on any atom is -0.545 e. The fourth-order valence-electron chi connectivity index (χ4n) is 4.11. The van der Waals surface area contributed by atoms with Gasteiger partial charge in [-0.2, -0.15) is 0 Å². The Hall–Kier alpha value is -2.40. The van der Waals surface area contributed by atoms with E-state index in [1.54, 1.807) is 12.1 Å². The van der Waals surface area contributed by atoms with E-state index in [1.807, 2.05) is 65.6 Å². The summed E-state index contributed by atoms with van der Waals surface area (Å²) < 4.78 is 0. The first-order chi connectivity index (χ1) is 15.5. The first-order valence-corrected chi connectivity index (χ1v) is 11.3. The summed E-state index contributed by atoms with van der Waals surface area (Å²) in [5.41, 5.74) is 3.60. The maximum Gasteiger partial charge on any atom is 1.00 e. The van der Waals surface area contributed by atoms with Crippen LogP contribution in [0.25, 0.3) is 11.1 Å². The van der Waals surface area contributed by atoms with Crippen LogP contribution in [0.1, 0.15) is 65.8 Å². The van der Waals surface area contributed by atoms with Gasteiger partial charge in [0.15, 0.2) is 0 Å². The van der Waals surface area contributed by atoms with E-state index in [0.717, 1.165) is 42.4 Å². The van der Waals surface area contributed by atoms with Crippen molar-refractivity contribution in [1.29, 1.82) is 0 Å². The number of rotatable bonds is 10. The van der Waals surface area contributed by atoms with Gasteiger partial charge in [-0.15, -0.1) is 0 Å². The van der Waals surface area contributed by atoms with E-state index in [1.165, 1.54) is 6.07 Å². The molecule has 0 saturated carbocycles. The van der Waals surface area contributed by atoms with E-state index in [2.05, 4.69) is 13.8 Å². The molecule has 0 atom stereocenters. The van der Waals surface area contributed by atoms with Crippen LogP contribution in [0.3, 0.4) is 0 Å². The molecule has 0 radical (unpaired) electrons. The summed E-state index contributed by atoms with van der Waals surface area (Å²) in [5.74, 6) is -1.15. The van der Waals surface area contributed by atoms with Gasteiger partial charge in [-0.25, -0.2) is 0 Å². The molecule has 3 aromatic rings. The number of aromatic carboxylic acids is 1. The van der Waals surface area contributed by atoms with Crippen LogP contribution in [0.2, 0.25) is 0 Å². The van der Waals surface area contributed by atoms with Crippen molar-refractivity contribution in [1.82, 2.24) is 4.90 Å². The number of hydrogen-bond acceptors (Lipinski definition) is 3. The molecule has 166 valence electrons. The molecular weight excluding hydrogens is 421 g/mol. The van der Waals surface area contributed by atoms with Crippen LogP contribution < -0.4 is 34.7 Å². The molecule has 0 spiro atoms. The number of carbonyl (C=O) groups excluding carboxylic acids is 2. The van der Waals surface area contributed by atoms with E-state index in [-0.39, 0.29) is 47.1 Å². The van der Waals surface area contributed by atoms with Crippen molar-refractivity contribution in [2.45, 2.75) is 52.1 Å². The topological polar surface area (TPSA) is 60.4 Å². The smallest absolute Gasteiger partial charge is 0.545 e. The molecule has 0 aliphatic rings. The Bertz CT molecular complexity index is 1050. The Balaban J connectivity index is 0.00000385. The van der Waals surface area contributed by atoms with Gasteiger partial charge in [0.2, 0.25) is 0 Å². The summed E-state index contributed by atoms with van der Waals surface area (Å²) in [6.45, 7) is 4.81. The van der Waals surface area contributed by atoms with E-state index >= 15 is 0 Å². The Labute approximate surface area is 218 Å². The fourth-order valence-corrected chi connectivity index (χ4v) is 4.11. The van der Waals surface area contributed by atoms with Gasteiger partial charge in [0.25, 0.3) is 5.91 Å². The second-order valence-electron chi connectivity index (χ2n) is 8.10. The predicted octanol–water partition coefficient (Wildman–Crippen LogP) is 2.33. The Morgan fingerprint density at radius 2 is 1.36 bits per heavy atom. The zero-order chi connectivity index (χ0) is 22.9. The summed E-state index contributed by atoms with van der Waals surface area (Å²) in [6, 6.07) is 24.3. The standard InChI is InChI=1S/C28H31NO3.Na/c1-3-10-26(11-4-2)29(27(30)22-13-6-5-7-14-22)20-21-12-8-15-23(18-21)24-16-9-17-25(19-24)28(31)32;/h5-9,12-19,26H,3-4,10-11,20H2,1-2H3,(H,31,32);/q;+1/p-1. The molecule has 0 bridgehead atoms. The first kappa shape index (κ1) is 26.8. The molecule has 33 heavy (non-hydrogen) atoms. The Morgan fingerprint density at radius 1 is 0.788 bits per heavy atom. The SMILES string of the molecule is CCCC(CCC)N(Cc1cccc(-c2cccc(C(=O)[O-])c2)c1)C(=O)c1ccccc1.[Na+]. The third-order valence-corrected chi connectivity index (χ3v) is 5.68. The van der Waals surface area contributed by atoms with Crippen molar-refractivity contribution in [2.75, 3.05) is 0 Å². The number of hydrogen-bond donors (Lipinski definition) is 0. The van der Waals surface area contributed by atoms with Crippen molar-refractivity contribution in [2.24, 2.45) is 0 Å². The second kappa shape index (κ2) is 13.3. The first-order valence-electron chi connectivity index (χ1n) is 11.3. The average Bonchev–Trinajstić information content (AvgIpc) is 2.83. The van der Waals surface area contributed by atoms with Crippen LogP contribution in [-0.4, -0.2) is 22.8 Å². The van der Waals surface area contributed by atoms with Crippen LogP contribution in [0.4, 0.5) is 0 Å². The molecule has 4 nitrogen and oxygen atoms in total. The molecular formula is C28H30NNaO3. The minimum absolute atomic E-state index is 0. The third-order valence-electron chi connectivity index (χ3n) is 5.68. The molecule has 0 heterocycles. The third kappa shape index (κ3) is 7.29. The number of carboxylic acid groups (broad SMARTS) is 1. The molecule has 0 N–H and O–H groups in total. The number of carbonyl (C=O) groups is 2. The Morgan fingerprint density at radius 3 is 1.97 bits per heavy atom. The molecule has 1 amide bonds.